The minimum absolute atomic E-state index is 0.313. The smallest absolute Gasteiger partial charge is 0.136 e. The number of aldehydes is 1. The van der Waals surface area contributed by atoms with Crippen molar-refractivity contribution in [3.63, 3.8) is 0 Å². The number of carbonyl (C=O) groups is 1. The lowest BCUT2D eigenvalue weighted by molar-refractivity contribution is -0.109. The van der Waals surface area contributed by atoms with Crippen molar-refractivity contribution in [3.8, 4) is 0 Å². The van der Waals surface area contributed by atoms with Gasteiger partial charge in [-0.1, -0.05) is 30.7 Å². The van der Waals surface area contributed by atoms with Crippen LogP contribution in [0.2, 0.25) is 5.02 Å². The summed E-state index contributed by atoms with van der Waals surface area (Å²) in [5, 5.41) is 0.802. The molecule has 1 aliphatic heterocycles. The Morgan fingerprint density at radius 2 is 1.95 bits per heavy atom. The fraction of sp³-hybridized carbons (Fsp3) is 0.588. The highest BCUT2D eigenvalue weighted by Gasteiger charge is 2.22. The summed E-state index contributed by atoms with van der Waals surface area (Å²) in [4.78, 5) is 13.1. The molecule has 1 aliphatic rings. The minimum Gasteiger partial charge on any atom is -0.322 e. The Morgan fingerprint density at radius 1 is 1.33 bits per heavy atom. The molecule has 2 N–H and O–H groups in total. The van der Waals surface area contributed by atoms with Gasteiger partial charge in [-0.3, -0.25) is 0 Å². The number of nitrogens with two attached hydrogens (primary N) is 1. The van der Waals surface area contributed by atoms with Crippen LogP contribution in [-0.2, 0) is 4.79 Å². The molecule has 1 aromatic rings. The van der Waals surface area contributed by atoms with Crippen molar-refractivity contribution in [2.45, 2.75) is 38.1 Å². The topological polar surface area (TPSA) is 46.3 Å². The maximum atomic E-state index is 10.6. The summed E-state index contributed by atoms with van der Waals surface area (Å²) in [6.07, 6.45) is 4.01. The molecule has 2 atom stereocenters. The molecular weight excluding hydrogens is 284 g/mol. The quantitative estimate of drug-likeness (QED) is 0.822. The van der Waals surface area contributed by atoms with Gasteiger partial charge in [-0.2, -0.15) is 0 Å². The lowest BCUT2D eigenvalue weighted by Gasteiger charge is -2.34. The first-order valence-corrected chi connectivity index (χ1v) is 8.15. The van der Waals surface area contributed by atoms with Crippen molar-refractivity contribution < 1.29 is 4.79 Å². The van der Waals surface area contributed by atoms with Crippen LogP contribution < -0.4 is 5.73 Å². The number of rotatable bonds is 6. The van der Waals surface area contributed by atoms with Gasteiger partial charge in [0.25, 0.3) is 0 Å². The number of nitrogens with zero attached hydrogens (tertiary/aromatic N) is 1. The highest BCUT2D eigenvalue weighted by atomic mass is 35.5. The van der Waals surface area contributed by atoms with Crippen molar-refractivity contribution in [2.24, 2.45) is 11.7 Å². The zero-order chi connectivity index (χ0) is 15.2. The van der Waals surface area contributed by atoms with Crippen LogP contribution in [0.1, 0.15) is 37.7 Å². The van der Waals surface area contributed by atoms with E-state index in [0.29, 0.717) is 11.8 Å². The van der Waals surface area contributed by atoms with Gasteiger partial charge in [-0.25, -0.2) is 0 Å². The first kappa shape index (κ1) is 16.5. The largest absolute Gasteiger partial charge is 0.322 e. The second-order valence-corrected chi connectivity index (χ2v) is 6.70. The van der Waals surface area contributed by atoms with E-state index in [9.17, 15) is 4.79 Å². The normalized spacial score (nSPS) is 20.1. The molecule has 0 bridgehead atoms. The monoisotopic (exact) mass is 308 g/mol. The Morgan fingerprint density at radius 3 is 2.52 bits per heavy atom. The summed E-state index contributed by atoms with van der Waals surface area (Å²) in [5.74, 6) is 1.11. The number of hydrogen-bond donors (Lipinski definition) is 1. The number of carbonyl (C=O) groups excluding carboxylic acids is 1. The van der Waals surface area contributed by atoms with Gasteiger partial charge in [0.15, 0.2) is 0 Å². The molecular formula is C17H25ClN2O. The maximum absolute atomic E-state index is 10.6. The lowest BCUT2D eigenvalue weighted by atomic mass is 9.89. The second kappa shape index (κ2) is 7.92. The fourth-order valence-electron chi connectivity index (χ4n) is 3.22. The molecule has 0 radical (unpaired) electrons. The van der Waals surface area contributed by atoms with E-state index in [0.717, 1.165) is 37.4 Å². The first-order valence-electron chi connectivity index (χ1n) is 7.77. The van der Waals surface area contributed by atoms with Crippen LogP contribution in [0.5, 0.6) is 0 Å². The lowest BCUT2D eigenvalue weighted by Crippen LogP contribution is -2.37. The molecule has 1 fully saturated rings. The predicted octanol–water partition coefficient (Wildman–Crippen LogP) is 3.07. The number of benzene rings is 1. The Kier molecular flexibility index (Phi) is 6.22. The van der Waals surface area contributed by atoms with Gasteiger partial charge in [0.05, 0.1) is 6.04 Å². The van der Waals surface area contributed by atoms with Crippen molar-refractivity contribution in [3.05, 3.63) is 34.9 Å². The zero-order valence-electron chi connectivity index (χ0n) is 12.7. The fourth-order valence-corrected chi connectivity index (χ4v) is 3.35. The Balaban J connectivity index is 1.77. The summed E-state index contributed by atoms with van der Waals surface area (Å²) >= 11 is 5.94. The standard InChI is InChI=1S/C17H25ClN2O/c1-13(10-17(19)12-21)11-20-8-6-15(7-9-20)14-2-4-16(18)5-3-14/h2-5,12-13,15,17H,6-11,19H2,1H3. The summed E-state index contributed by atoms with van der Waals surface area (Å²) in [7, 11) is 0. The van der Waals surface area contributed by atoms with Gasteiger partial charge in [-0.05, 0) is 61.9 Å². The second-order valence-electron chi connectivity index (χ2n) is 6.27. The highest BCUT2D eigenvalue weighted by Crippen LogP contribution is 2.29. The van der Waals surface area contributed by atoms with E-state index in [2.05, 4.69) is 24.0 Å². The first-order chi connectivity index (χ1) is 10.1. The molecule has 1 heterocycles. The third-order valence-corrected chi connectivity index (χ3v) is 4.60. The molecule has 2 unspecified atom stereocenters. The van der Waals surface area contributed by atoms with Gasteiger partial charge in [-0.15, -0.1) is 0 Å². The van der Waals surface area contributed by atoms with Crippen LogP contribution in [0, 0.1) is 5.92 Å². The third-order valence-electron chi connectivity index (χ3n) is 4.35. The number of piperidine rings is 1. The summed E-state index contributed by atoms with van der Waals surface area (Å²) < 4.78 is 0. The summed E-state index contributed by atoms with van der Waals surface area (Å²) in [6.45, 7) is 5.45. The SMILES string of the molecule is CC(CC(N)C=O)CN1CCC(c2ccc(Cl)cc2)CC1. The Bertz CT molecular complexity index is 441. The molecule has 4 heteroatoms. The van der Waals surface area contributed by atoms with Crippen LogP contribution in [0.4, 0.5) is 0 Å². The van der Waals surface area contributed by atoms with Crippen LogP contribution in [-0.4, -0.2) is 36.9 Å². The van der Waals surface area contributed by atoms with E-state index in [1.807, 2.05) is 12.1 Å². The van der Waals surface area contributed by atoms with Gasteiger partial charge in [0.1, 0.15) is 6.29 Å². The third kappa shape index (κ3) is 5.10. The predicted molar refractivity (Wildman–Crippen MR) is 87.7 cm³/mol. The molecule has 0 amide bonds. The molecule has 0 spiro atoms. The zero-order valence-corrected chi connectivity index (χ0v) is 13.4. The van der Waals surface area contributed by atoms with Gasteiger partial charge in [0, 0.05) is 11.6 Å². The van der Waals surface area contributed by atoms with E-state index < -0.39 is 0 Å². The van der Waals surface area contributed by atoms with Crippen molar-refractivity contribution in [1.29, 1.82) is 0 Å². The molecule has 116 valence electrons. The van der Waals surface area contributed by atoms with Crippen LogP contribution in [0.15, 0.2) is 24.3 Å². The van der Waals surface area contributed by atoms with E-state index in [1.165, 1.54) is 18.4 Å². The van der Waals surface area contributed by atoms with Crippen molar-refractivity contribution >= 4 is 17.9 Å². The molecule has 0 saturated carbocycles. The molecule has 2 rings (SSSR count). The van der Waals surface area contributed by atoms with Gasteiger partial charge < -0.3 is 15.4 Å². The Hall–Kier alpha value is -0.900. The average Bonchev–Trinajstić information content (AvgIpc) is 2.48. The van der Waals surface area contributed by atoms with Gasteiger partial charge >= 0.3 is 0 Å². The molecule has 1 aromatic carbocycles. The molecule has 21 heavy (non-hydrogen) atoms. The highest BCUT2D eigenvalue weighted by molar-refractivity contribution is 6.30. The molecule has 0 aliphatic carbocycles. The molecule has 0 aromatic heterocycles. The van der Waals surface area contributed by atoms with Crippen LogP contribution in [0.3, 0.4) is 0 Å². The average molecular weight is 309 g/mol. The van der Waals surface area contributed by atoms with Crippen LogP contribution in [0.25, 0.3) is 0 Å². The summed E-state index contributed by atoms with van der Waals surface area (Å²) in [5.41, 5.74) is 7.09. The minimum atomic E-state index is -0.313. The number of hydrogen-bond acceptors (Lipinski definition) is 3. The van der Waals surface area contributed by atoms with Crippen molar-refractivity contribution in [1.82, 2.24) is 4.90 Å². The Labute approximate surface area is 132 Å². The van der Waals surface area contributed by atoms with Crippen LogP contribution >= 0.6 is 11.6 Å². The molecule has 3 nitrogen and oxygen atoms in total. The van der Waals surface area contributed by atoms with Crippen molar-refractivity contribution in [2.75, 3.05) is 19.6 Å². The summed E-state index contributed by atoms with van der Waals surface area (Å²) in [6, 6.07) is 7.94. The van der Waals surface area contributed by atoms with E-state index in [-0.39, 0.29) is 6.04 Å². The number of likely N-dealkylation sites (tertiary alicyclic amines) is 1. The van der Waals surface area contributed by atoms with E-state index in [1.54, 1.807) is 0 Å². The molecule has 1 saturated heterocycles. The number of halogens is 1. The van der Waals surface area contributed by atoms with Gasteiger partial charge in [0.2, 0.25) is 0 Å². The maximum Gasteiger partial charge on any atom is 0.136 e. The van der Waals surface area contributed by atoms with E-state index in [4.69, 9.17) is 17.3 Å². The van der Waals surface area contributed by atoms with E-state index >= 15 is 0 Å².